The van der Waals surface area contributed by atoms with Crippen LogP contribution in [0.3, 0.4) is 0 Å². The van der Waals surface area contributed by atoms with Gasteiger partial charge in [-0.2, -0.15) is 0 Å². The van der Waals surface area contributed by atoms with Crippen LogP contribution < -0.4 is 0 Å². The minimum Gasteiger partial charge on any atom is -0.465 e. The standard InChI is InChI=1S/C10H16F2O4/c1-3-15-6-5-7(8(13)9(11)12)10(14)16-4-2/h7,9H,3-6H2,1-2H3/t7-/m1/s1. The van der Waals surface area contributed by atoms with Crippen molar-refractivity contribution >= 4 is 11.8 Å². The van der Waals surface area contributed by atoms with E-state index in [4.69, 9.17) is 4.74 Å². The van der Waals surface area contributed by atoms with Crippen molar-refractivity contribution in [3.05, 3.63) is 0 Å². The second kappa shape index (κ2) is 8.15. The van der Waals surface area contributed by atoms with Gasteiger partial charge in [-0.1, -0.05) is 0 Å². The molecule has 0 aromatic heterocycles. The quantitative estimate of drug-likeness (QED) is 0.364. The predicted molar refractivity (Wildman–Crippen MR) is 52.2 cm³/mol. The third-order valence-electron chi connectivity index (χ3n) is 1.88. The SMILES string of the molecule is CCOCC[C@@H](C(=O)OCC)C(=O)C(F)F. The first-order valence-corrected chi connectivity index (χ1v) is 5.10. The van der Waals surface area contributed by atoms with Crippen molar-refractivity contribution in [2.75, 3.05) is 19.8 Å². The van der Waals surface area contributed by atoms with Crippen molar-refractivity contribution in [1.82, 2.24) is 0 Å². The van der Waals surface area contributed by atoms with Gasteiger partial charge in [0.1, 0.15) is 5.92 Å². The molecule has 0 unspecified atom stereocenters. The Morgan fingerprint density at radius 1 is 1.19 bits per heavy atom. The van der Waals surface area contributed by atoms with Crippen LogP contribution in [0.1, 0.15) is 20.3 Å². The molecule has 6 heteroatoms. The highest BCUT2D eigenvalue weighted by Crippen LogP contribution is 2.13. The van der Waals surface area contributed by atoms with Crippen molar-refractivity contribution in [2.24, 2.45) is 5.92 Å². The smallest absolute Gasteiger partial charge is 0.316 e. The molecule has 0 aromatic carbocycles. The molecule has 0 aromatic rings. The number of rotatable bonds is 8. The van der Waals surface area contributed by atoms with Gasteiger partial charge in [-0.15, -0.1) is 0 Å². The Bertz CT molecular complexity index is 231. The van der Waals surface area contributed by atoms with Crippen molar-refractivity contribution in [1.29, 1.82) is 0 Å². The van der Waals surface area contributed by atoms with Gasteiger partial charge in [-0.3, -0.25) is 9.59 Å². The Hall–Kier alpha value is -1.04. The molecule has 16 heavy (non-hydrogen) atoms. The minimum absolute atomic E-state index is 0.0560. The number of carbonyl (C=O) groups is 2. The van der Waals surface area contributed by atoms with Crippen LogP contribution >= 0.6 is 0 Å². The molecule has 0 bridgehead atoms. The van der Waals surface area contributed by atoms with Gasteiger partial charge in [0.05, 0.1) is 6.61 Å². The fourth-order valence-corrected chi connectivity index (χ4v) is 1.12. The van der Waals surface area contributed by atoms with E-state index in [2.05, 4.69) is 4.74 Å². The van der Waals surface area contributed by atoms with Crippen LogP contribution in [0.4, 0.5) is 8.78 Å². The van der Waals surface area contributed by atoms with E-state index in [1.807, 2.05) is 0 Å². The molecule has 0 heterocycles. The first kappa shape index (κ1) is 15.0. The summed E-state index contributed by atoms with van der Waals surface area (Å²) in [6.45, 7) is 3.82. The average molecular weight is 238 g/mol. The first-order valence-electron chi connectivity index (χ1n) is 5.10. The van der Waals surface area contributed by atoms with Crippen LogP contribution in [-0.2, 0) is 19.1 Å². The lowest BCUT2D eigenvalue weighted by Gasteiger charge is -2.13. The zero-order valence-electron chi connectivity index (χ0n) is 9.37. The Morgan fingerprint density at radius 3 is 2.25 bits per heavy atom. The van der Waals surface area contributed by atoms with E-state index in [0.717, 1.165) is 0 Å². The summed E-state index contributed by atoms with van der Waals surface area (Å²) in [7, 11) is 0. The Balaban J connectivity index is 4.37. The second-order valence-electron chi connectivity index (χ2n) is 2.99. The van der Waals surface area contributed by atoms with Crippen LogP contribution in [0.15, 0.2) is 0 Å². The fourth-order valence-electron chi connectivity index (χ4n) is 1.12. The van der Waals surface area contributed by atoms with Gasteiger partial charge >= 0.3 is 5.97 Å². The lowest BCUT2D eigenvalue weighted by atomic mass is 10.0. The average Bonchev–Trinajstić information content (AvgIpc) is 2.23. The highest BCUT2D eigenvalue weighted by molar-refractivity contribution is 6.00. The highest BCUT2D eigenvalue weighted by Gasteiger charge is 2.33. The van der Waals surface area contributed by atoms with Gasteiger partial charge in [-0.25, -0.2) is 8.78 Å². The number of carbonyl (C=O) groups excluding carboxylic acids is 2. The molecule has 0 aliphatic rings. The maximum atomic E-state index is 12.2. The van der Waals surface area contributed by atoms with E-state index in [0.29, 0.717) is 6.61 Å². The van der Waals surface area contributed by atoms with Crippen molar-refractivity contribution < 1.29 is 27.8 Å². The normalized spacial score (nSPS) is 12.6. The topological polar surface area (TPSA) is 52.6 Å². The zero-order valence-corrected chi connectivity index (χ0v) is 9.37. The number of ether oxygens (including phenoxy) is 2. The summed E-state index contributed by atoms with van der Waals surface area (Å²) >= 11 is 0. The lowest BCUT2D eigenvalue weighted by Crippen LogP contribution is -2.31. The summed E-state index contributed by atoms with van der Waals surface area (Å²) < 4.78 is 33.9. The number of halogens is 2. The second-order valence-corrected chi connectivity index (χ2v) is 2.99. The van der Waals surface area contributed by atoms with Gasteiger partial charge < -0.3 is 9.47 Å². The van der Waals surface area contributed by atoms with Gasteiger partial charge in [0.25, 0.3) is 6.43 Å². The maximum Gasteiger partial charge on any atom is 0.316 e. The van der Waals surface area contributed by atoms with E-state index in [-0.39, 0.29) is 19.6 Å². The molecule has 1 atom stereocenters. The maximum absolute atomic E-state index is 12.2. The van der Waals surface area contributed by atoms with Crippen molar-refractivity contribution in [3.63, 3.8) is 0 Å². The number of alkyl halides is 2. The molecule has 0 saturated carbocycles. The van der Waals surface area contributed by atoms with Crippen LogP contribution in [0.25, 0.3) is 0 Å². The van der Waals surface area contributed by atoms with Crippen LogP contribution in [0.5, 0.6) is 0 Å². The largest absolute Gasteiger partial charge is 0.465 e. The van der Waals surface area contributed by atoms with Gasteiger partial charge in [0, 0.05) is 13.2 Å². The molecule has 0 fully saturated rings. The summed E-state index contributed by atoms with van der Waals surface area (Å²) in [5.41, 5.74) is 0. The minimum atomic E-state index is -3.16. The monoisotopic (exact) mass is 238 g/mol. The summed E-state index contributed by atoms with van der Waals surface area (Å²) in [4.78, 5) is 22.3. The summed E-state index contributed by atoms with van der Waals surface area (Å²) in [6, 6.07) is 0. The van der Waals surface area contributed by atoms with Gasteiger partial charge in [-0.05, 0) is 20.3 Å². The number of Topliss-reactive ketones (excluding diaryl/α,β-unsaturated/α-hetero) is 1. The Kier molecular flexibility index (Phi) is 7.62. The van der Waals surface area contributed by atoms with Crippen LogP contribution in [-0.4, -0.2) is 38.0 Å². The summed E-state index contributed by atoms with van der Waals surface area (Å²) in [5, 5.41) is 0. The molecule has 0 aliphatic heterocycles. The Labute approximate surface area is 92.9 Å². The molecule has 0 aliphatic carbocycles. The van der Waals surface area contributed by atoms with E-state index in [1.54, 1.807) is 13.8 Å². The summed E-state index contributed by atoms with van der Waals surface area (Å²) in [6.07, 6.45) is -3.23. The molecule has 4 nitrogen and oxygen atoms in total. The van der Waals surface area contributed by atoms with Crippen molar-refractivity contribution in [3.8, 4) is 0 Å². The summed E-state index contributed by atoms with van der Waals surface area (Å²) in [5.74, 6) is -3.74. The predicted octanol–water partition coefficient (Wildman–Crippen LogP) is 1.43. The number of esters is 1. The first-order chi connectivity index (χ1) is 7.54. The van der Waals surface area contributed by atoms with E-state index in [1.165, 1.54) is 0 Å². The molecule has 0 radical (unpaired) electrons. The third-order valence-corrected chi connectivity index (χ3v) is 1.88. The molecule has 94 valence electrons. The Morgan fingerprint density at radius 2 is 1.81 bits per heavy atom. The zero-order chi connectivity index (χ0) is 12.6. The molecule has 0 saturated heterocycles. The number of hydrogen-bond donors (Lipinski definition) is 0. The highest BCUT2D eigenvalue weighted by atomic mass is 19.3. The van der Waals surface area contributed by atoms with Crippen LogP contribution in [0.2, 0.25) is 0 Å². The van der Waals surface area contributed by atoms with E-state index < -0.39 is 24.1 Å². The van der Waals surface area contributed by atoms with Gasteiger partial charge in [0.15, 0.2) is 0 Å². The molecule has 0 spiro atoms. The lowest BCUT2D eigenvalue weighted by molar-refractivity contribution is -0.155. The van der Waals surface area contributed by atoms with Gasteiger partial charge in [0.2, 0.25) is 5.78 Å². The van der Waals surface area contributed by atoms with Crippen LogP contribution in [0, 0.1) is 5.92 Å². The molecule has 0 amide bonds. The molecular weight excluding hydrogens is 222 g/mol. The van der Waals surface area contributed by atoms with E-state index >= 15 is 0 Å². The molecule has 0 rings (SSSR count). The number of ketones is 1. The fraction of sp³-hybridized carbons (Fsp3) is 0.800. The van der Waals surface area contributed by atoms with E-state index in [9.17, 15) is 18.4 Å². The van der Waals surface area contributed by atoms with Crippen molar-refractivity contribution in [2.45, 2.75) is 26.7 Å². The molecule has 0 N–H and O–H groups in total. The third kappa shape index (κ3) is 5.16. The number of hydrogen-bond acceptors (Lipinski definition) is 4. The molecular formula is C10H16F2O4.